The number of hydroxylamine groups is 2. The molecule has 0 N–H and O–H groups in total. The van der Waals surface area contributed by atoms with Crippen LogP contribution in [0.3, 0.4) is 0 Å². The van der Waals surface area contributed by atoms with E-state index >= 15 is 0 Å². The molecule has 0 saturated carbocycles. The molecule has 1 radical (unpaired) electrons. The predicted molar refractivity (Wildman–Crippen MR) is 59.9 cm³/mol. The standard InChI is InChI=1S/C12H22NO2/c1-6-7-15-10-8-11(2,3)13(14)12(4,5)9-10/h6,10H,1,7-9H2,2-5H3. The van der Waals surface area contributed by atoms with Gasteiger partial charge in [0.1, 0.15) is 0 Å². The van der Waals surface area contributed by atoms with Gasteiger partial charge in [-0.2, -0.15) is 0 Å². The van der Waals surface area contributed by atoms with Crippen LogP contribution in [-0.2, 0) is 9.94 Å². The lowest BCUT2D eigenvalue weighted by molar-refractivity contribution is -0.300. The molecule has 1 aliphatic heterocycles. The highest BCUT2D eigenvalue weighted by molar-refractivity contribution is 4.96. The molecule has 0 aliphatic carbocycles. The summed E-state index contributed by atoms with van der Waals surface area (Å²) in [6, 6.07) is 0. The highest BCUT2D eigenvalue weighted by Crippen LogP contribution is 2.38. The van der Waals surface area contributed by atoms with E-state index in [0.717, 1.165) is 12.8 Å². The van der Waals surface area contributed by atoms with Gasteiger partial charge in [-0.15, -0.1) is 16.8 Å². The van der Waals surface area contributed by atoms with Crippen LogP contribution in [0.2, 0.25) is 0 Å². The van der Waals surface area contributed by atoms with E-state index < -0.39 is 0 Å². The minimum Gasteiger partial charge on any atom is -0.374 e. The third-order valence-corrected chi connectivity index (χ3v) is 3.00. The number of ether oxygens (including phenoxy) is 1. The fourth-order valence-electron chi connectivity index (χ4n) is 2.49. The smallest absolute Gasteiger partial charge is 0.0648 e. The Morgan fingerprint density at radius 3 is 2.20 bits per heavy atom. The number of piperidine rings is 1. The molecule has 0 amide bonds. The summed E-state index contributed by atoms with van der Waals surface area (Å²) in [6.45, 7) is 12.1. The Bertz CT molecular complexity index is 218. The van der Waals surface area contributed by atoms with Gasteiger partial charge in [0.2, 0.25) is 0 Å². The largest absolute Gasteiger partial charge is 0.374 e. The van der Waals surface area contributed by atoms with Crippen molar-refractivity contribution in [3.8, 4) is 0 Å². The molecule has 3 heteroatoms. The molecule has 0 aromatic carbocycles. The second-order valence-electron chi connectivity index (χ2n) is 5.57. The van der Waals surface area contributed by atoms with Crippen molar-refractivity contribution in [2.75, 3.05) is 6.61 Å². The zero-order valence-electron chi connectivity index (χ0n) is 10.2. The lowest BCUT2D eigenvalue weighted by atomic mass is 9.80. The molecule has 0 aromatic heterocycles. The minimum absolute atomic E-state index is 0.165. The maximum absolute atomic E-state index is 12.0. The molecular weight excluding hydrogens is 190 g/mol. The molecule has 0 atom stereocenters. The fraction of sp³-hybridized carbons (Fsp3) is 0.833. The van der Waals surface area contributed by atoms with E-state index in [-0.39, 0.29) is 17.2 Å². The van der Waals surface area contributed by atoms with Crippen LogP contribution in [0.1, 0.15) is 40.5 Å². The number of rotatable bonds is 3. The van der Waals surface area contributed by atoms with Crippen LogP contribution >= 0.6 is 0 Å². The molecule has 87 valence electrons. The summed E-state index contributed by atoms with van der Waals surface area (Å²) >= 11 is 0. The number of hydrogen-bond acceptors (Lipinski definition) is 2. The number of nitrogens with zero attached hydrogens (tertiary/aromatic N) is 1. The molecule has 1 heterocycles. The van der Waals surface area contributed by atoms with Crippen LogP contribution in [0.15, 0.2) is 12.7 Å². The van der Waals surface area contributed by atoms with Gasteiger partial charge in [-0.1, -0.05) is 6.08 Å². The molecule has 1 rings (SSSR count). The topological polar surface area (TPSA) is 32.4 Å². The summed E-state index contributed by atoms with van der Waals surface area (Å²) in [7, 11) is 0. The van der Waals surface area contributed by atoms with Crippen LogP contribution in [-0.4, -0.2) is 28.9 Å². The quantitative estimate of drug-likeness (QED) is 0.673. The zero-order valence-corrected chi connectivity index (χ0v) is 10.2. The van der Waals surface area contributed by atoms with Gasteiger partial charge < -0.3 is 4.74 Å². The minimum atomic E-state index is -0.340. The Labute approximate surface area is 92.7 Å². The normalized spacial score (nSPS) is 26.5. The highest BCUT2D eigenvalue weighted by atomic mass is 16.5. The Morgan fingerprint density at radius 2 is 1.80 bits per heavy atom. The van der Waals surface area contributed by atoms with Crippen LogP contribution < -0.4 is 0 Å². The van der Waals surface area contributed by atoms with Gasteiger partial charge in [0.15, 0.2) is 0 Å². The molecule has 3 nitrogen and oxygen atoms in total. The van der Waals surface area contributed by atoms with Crippen LogP contribution in [0.4, 0.5) is 0 Å². The van der Waals surface area contributed by atoms with Crippen LogP contribution in [0.25, 0.3) is 0 Å². The zero-order chi connectivity index (χ0) is 11.7. The molecule has 15 heavy (non-hydrogen) atoms. The molecule has 1 fully saturated rings. The maximum atomic E-state index is 12.0. The van der Waals surface area contributed by atoms with E-state index in [0.29, 0.717) is 6.61 Å². The third kappa shape index (κ3) is 2.80. The van der Waals surface area contributed by atoms with Gasteiger partial charge in [-0.3, -0.25) is 0 Å². The maximum Gasteiger partial charge on any atom is 0.0648 e. The Balaban J connectivity index is 2.70. The predicted octanol–water partition coefficient (Wildman–Crippen LogP) is 2.56. The van der Waals surface area contributed by atoms with E-state index in [2.05, 4.69) is 6.58 Å². The highest BCUT2D eigenvalue weighted by Gasteiger charge is 2.46. The van der Waals surface area contributed by atoms with Gasteiger partial charge in [0.05, 0.1) is 12.7 Å². The molecule has 0 spiro atoms. The second kappa shape index (κ2) is 4.24. The van der Waals surface area contributed by atoms with E-state index in [4.69, 9.17) is 4.74 Å². The van der Waals surface area contributed by atoms with Crippen LogP contribution in [0, 0.1) is 0 Å². The van der Waals surface area contributed by atoms with Crippen molar-refractivity contribution < 1.29 is 9.94 Å². The summed E-state index contributed by atoms with van der Waals surface area (Å²) in [4.78, 5) is 0. The first-order chi connectivity index (χ1) is 6.79. The van der Waals surface area contributed by atoms with E-state index in [1.165, 1.54) is 5.06 Å². The molecule has 0 aromatic rings. The lowest BCUT2D eigenvalue weighted by Crippen LogP contribution is -2.59. The van der Waals surface area contributed by atoms with Crippen molar-refractivity contribution in [3.63, 3.8) is 0 Å². The van der Waals surface area contributed by atoms with Crippen molar-refractivity contribution in [3.05, 3.63) is 12.7 Å². The Hall–Kier alpha value is -0.380. The van der Waals surface area contributed by atoms with Crippen LogP contribution in [0.5, 0.6) is 0 Å². The first kappa shape index (κ1) is 12.7. The fourth-order valence-corrected chi connectivity index (χ4v) is 2.49. The van der Waals surface area contributed by atoms with Crippen molar-refractivity contribution in [1.29, 1.82) is 0 Å². The molecular formula is C12H22NO2. The third-order valence-electron chi connectivity index (χ3n) is 3.00. The molecule has 0 unspecified atom stereocenters. The van der Waals surface area contributed by atoms with Gasteiger partial charge in [0, 0.05) is 11.1 Å². The van der Waals surface area contributed by atoms with Gasteiger partial charge in [-0.05, 0) is 40.5 Å². The summed E-state index contributed by atoms with van der Waals surface area (Å²) in [5, 5.41) is 13.2. The van der Waals surface area contributed by atoms with E-state index in [9.17, 15) is 5.21 Å². The lowest BCUT2D eigenvalue weighted by Gasteiger charge is -2.49. The SMILES string of the molecule is C=CCOC1CC(C)(C)N([O])C(C)(C)C1. The molecule has 0 bridgehead atoms. The van der Waals surface area contributed by atoms with E-state index in [1.54, 1.807) is 6.08 Å². The van der Waals surface area contributed by atoms with Crippen molar-refractivity contribution in [2.45, 2.75) is 57.7 Å². The molecule has 1 saturated heterocycles. The molecule has 1 aliphatic rings. The average Bonchev–Trinajstić information content (AvgIpc) is 2.10. The second-order valence-corrected chi connectivity index (χ2v) is 5.57. The van der Waals surface area contributed by atoms with Gasteiger partial charge >= 0.3 is 0 Å². The Morgan fingerprint density at radius 1 is 1.33 bits per heavy atom. The summed E-state index contributed by atoms with van der Waals surface area (Å²) < 4.78 is 5.67. The summed E-state index contributed by atoms with van der Waals surface area (Å²) in [5.74, 6) is 0. The van der Waals surface area contributed by atoms with Crippen molar-refractivity contribution in [2.24, 2.45) is 0 Å². The first-order valence-electron chi connectivity index (χ1n) is 5.49. The first-order valence-corrected chi connectivity index (χ1v) is 5.49. The van der Waals surface area contributed by atoms with Crippen molar-refractivity contribution in [1.82, 2.24) is 5.06 Å². The Kier molecular flexibility index (Phi) is 3.59. The van der Waals surface area contributed by atoms with E-state index in [1.807, 2.05) is 27.7 Å². The van der Waals surface area contributed by atoms with Gasteiger partial charge in [0.25, 0.3) is 0 Å². The monoisotopic (exact) mass is 212 g/mol. The number of hydrogen-bond donors (Lipinski definition) is 0. The summed E-state index contributed by atoms with van der Waals surface area (Å²) in [6.07, 6.45) is 3.49. The average molecular weight is 212 g/mol. The van der Waals surface area contributed by atoms with Gasteiger partial charge in [-0.25, -0.2) is 0 Å². The summed E-state index contributed by atoms with van der Waals surface area (Å²) in [5.41, 5.74) is -0.679. The van der Waals surface area contributed by atoms with Crippen molar-refractivity contribution >= 4 is 0 Å².